The van der Waals surface area contributed by atoms with E-state index in [1.807, 2.05) is 0 Å². The molecule has 17 heavy (non-hydrogen) atoms. The average Bonchev–Trinajstić information content (AvgIpc) is 2.11. The van der Waals surface area contributed by atoms with E-state index in [0.29, 0.717) is 10.8 Å². The molecule has 0 nitrogen and oxygen atoms in total. The van der Waals surface area contributed by atoms with Crippen LogP contribution in [-0.4, -0.2) is 23.1 Å². The topological polar surface area (TPSA) is 0 Å². The standard InChI is InChI=1S/C12H25.C4H9.Mg/c1-8-9-10(11(2,3)4)12(5,6)7;1-3-4-2;/h8-9H2,1-7H3;1,3-4H2,2H3;/q2*-1;+2. The van der Waals surface area contributed by atoms with Gasteiger partial charge in [0.25, 0.3) is 0 Å². The SMILES string of the molecule is CCC[C-](C(C)(C)C)C(C)(C)C.[CH2-]CCC.[Mg+2]. The Bertz CT molecular complexity index is 132. The van der Waals surface area contributed by atoms with Gasteiger partial charge in [-0.3, -0.25) is 0 Å². The minimum Gasteiger partial charge on any atom is -0.343 e. The van der Waals surface area contributed by atoms with Crippen LogP contribution in [0.4, 0.5) is 0 Å². The van der Waals surface area contributed by atoms with Crippen molar-refractivity contribution in [3.63, 3.8) is 0 Å². The summed E-state index contributed by atoms with van der Waals surface area (Å²) in [5.74, 6) is 1.69. The van der Waals surface area contributed by atoms with Gasteiger partial charge in [0.15, 0.2) is 0 Å². The number of hydrogen-bond donors (Lipinski definition) is 0. The minimum absolute atomic E-state index is 0. The van der Waals surface area contributed by atoms with Crippen molar-refractivity contribution >= 4 is 23.1 Å². The third-order valence-corrected chi connectivity index (χ3v) is 2.66. The molecule has 0 bridgehead atoms. The van der Waals surface area contributed by atoms with Crippen molar-refractivity contribution in [3.05, 3.63) is 12.8 Å². The fourth-order valence-electron chi connectivity index (χ4n) is 2.12. The Labute approximate surface area is 127 Å². The first-order valence-electron chi connectivity index (χ1n) is 6.77. The van der Waals surface area contributed by atoms with E-state index in [1.165, 1.54) is 19.3 Å². The minimum atomic E-state index is 0. The van der Waals surface area contributed by atoms with E-state index in [0.717, 1.165) is 6.42 Å². The second-order valence-corrected chi connectivity index (χ2v) is 6.58. The van der Waals surface area contributed by atoms with Crippen LogP contribution in [0.25, 0.3) is 0 Å². The Kier molecular flexibility index (Phi) is 14.4. The second kappa shape index (κ2) is 10.7. The van der Waals surface area contributed by atoms with Crippen LogP contribution in [0.3, 0.4) is 0 Å². The molecule has 0 aromatic carbocycles. The van der Waals surface area contributed by atoms with E-state index in [1.54, 1.807) is 5.92 Å². The van der Waals surface area contributed by atoms with Crippen molar-refractivity contribution < 1.29 is 0 Å². The Morgan fingerprint density at radius 1 is 0.824 bits per heavy atom. The predicted octanol–water partition coefficient (Wildman–Crippen LogP) is 5.69. The smallest absolute Gasteiger partial charge is 0.343 e. The van der Waals surface area contributed by atoms with Crippen LogP contribution < -0.4 is 0 Å². The van der Waals surface area contributed by atoms with Gasteiger partial charge >= 0.3 is 23.1 Å². The zero-order chi connectivity index (χ0) is 13.4. The molecule has 0 N–H and O–H groups in total. The monoisotopic (exact) mass is 250 g/mol. The summed E-state index contributed by atoms with van der Waals surface area (Å²) in [5.41, 5.74) is 0.739. The largest absolute Gasteiger partial charge is 2.00 e. The molecule has 0 aromatic heterocycles. The number of rotatable bonds is 3. The fourth-order valence-corrected chi connectivity index (χ4v) is 2.12. The molecule has 0 radical (unpaired) electrons. The molecular weight excluding hydrogens is 216 g/mol. The van der Waals surface area contributed by atoms with Crippen molar-refractivity contribution in [3.8, 4) is 0 Å². The third kappa shape index (κ3) is 13.0. The summed E-state index contributed by atoms with van der Waals surface area (Å²) in [5, 5.41) is 0. The van der Waals surface area contributed by atoms with Crippen molar-refractivity contribution in [1.29, 1.82) is 0 Å². The Morgan fingerprint density at radius 3 is 1.18 bits per heavy atom. The molecule has 100 valence electrons. The predicted molar refractivity (Wildman–Crippen MR) is 83.1 cm³/mol. The average molecular weight is 251 g/mol. The summed E-state index contributed by atoms with van der Waals surface area (Å²) < 4.78 is 0. The van der Waals surface area contributed by atoms with E-state index in [2.05, 4.69) is 62.3 Å². The van der Waals surface area contributed by atoms with Crippen LogP contribution >= 0.6 is 0 Å². The van der Waals surface area contributed by atoms with Crippen molar-refractivity contribution in [2.45, 2.75) is 81.1 Å². The Hall–Kier alpha value is 0.766. The number of unbranched alkanes of at least 4 members (excludes halogenated alkanes) is 1. The van der Waals surface area contributed by atoms with Gasteiger partial charge in [-0.25, -0.2) is 0 Å². The van der Waals surface area contributed by atoms with Crippen LogP contribution in [-0.2, 0) is 0 Å². The zero-order valence-corrected chi connectivity index (χ0v) is 15.2. The molecule has 0 amide bonds. The summed E-state index contributed by atoms with van der Waals surface area (Å²) in [6.45, 7) is 21.9. The Balaban J connectivity index is -0.000000340. The molecule has 0 spiro atoms. The maximum absolute atomic E-state index is 3.60. The van der Waals surface area contributed by atoms with Gasteiger partial charge in [0.05, 0.1) is 0 Å². The van der Waals surface area contributed by atoms with E-state index in [9.17, 15) is 0 Å². The van der Waals surface area contributed by atoms with Crippen molar-refractivity contribution in [2.24, 2.45) is 10.8 Å². The normalized spacial score (nSPS) is 11.6. The van der Waals surface area contributed by atoms with Gasteiger partial charge in [-0.15, -0.1) is 0 Å². The molecule has 0 fully saturated rings. The maximum atomic E-state index is 3.60. The van der Waals surface area contributed by atoms with Gasteiger partial charge in [-0.2, -0.15) is 23.7 Å². The van der Waals surface area contributed by atoms with E-state index in [-0.39, 0.29) is 23.1 Å². The number of hydrogen-bond acceptors (Lipinski definition) is 0. The summed E-state index contributed by atoms with van der Waals surface area (Å²) in [4.78, 5) is 0. The summed E-state index contributed by atoms with van der Waals surface area (Å²) >= 11 is 0. The molecule has 0 saturated heterocycles. The van der Waals surface area contributed by atoms with Gasteiger partial charge in [-0.1, -0.05) is 68.2 Å². The van der Waals surface area contributed by atoms with E-state index < -0.39 is 0 Å². The van der Waals surface area contributed by atoms with Gasteiger partial charge in [0.1, 0.15) is 0 Å². The zero-order valence-electron chi connectivity index (χ0n) is 13.7. The van der Waals surface area contributed by atoms with Crippen molar-refractivity contribution in [2.75, 3.05) is 0 Å². The first-order valence-corrected chi connectivity index (χ1v) is 6.77. The van der Waals surface area contributed by atoms with Gasteiger partial charge in [0, 0.05) is 0 Å². The summed E-state index contributed by atoms with van der Waals surface area (Å²) in [6.07, 6.45) is 4.82. The molecule has 0 atom stereocenters. The molecule has 0 aliphatic carbocycles. The summed E-state index contributed by atoms with van der Waals surface area (Å²) in [7, 11) is 0. The van der Waals surface area contributed by atoms with Gasteiger partial charge < -0.3 is 12.8 Å². The molecule has 1 heteroatoms. The van der Waals surface area contributed by atoms with Crippen LogP contribution in [0, 0.1) is 23.7 Å². The van der Waals surface area contributed by atoms with Crippen LogP contribution in [0.5, 0.6) is 0 Å². The first kappa shape index (κ1) is 22.9. The fraction of sp³-hybridized carbons (Fsp3) is 0.875. The first-order chi connectivity index (χ1) is 7.11. The molecular formula is C16H34Mg. The molecule has 0 aliphatic heterocycles. The Morgan fingerprint density at radius 2 is 1.12 bits per heavy atom. The molecule has 0 saturated carbocycles. The molecule has 0 unspecified atom stereocenters. The van der Waals surface area contributed by atoms with E-state index in [4.69, 9.17) is 0 Å². The summed E-state index contributed by atoms with van der Waals surface area (Å²) in [6, 6.07) is 0. The van der Waals surface area contributed by atoms with Crippen LogP contribution in [0.1, 0.15) is 81.1 Å². The van der Waals surface area contributed by atoms with Crippen molar-refractivity contribution in [1.82, 2.24) is 0 Å². The van der Waals surface area contributed by atoms with Gasteiger partial charge in [-0.05, 0) is 0 Å². The molecule has 0 heterocycles. The molecule has 0 aromatic rings. The maximum Gasteiger partial charge on any atom is 2.00 e. The van der Waals surface area contributed by atoms with Crippen LogP contribution in [0.2, 0.25) is 0 Å². The van der Waals surface area contributed by atoms with Crippen LogP contribution in [0.15, 0.2) is 0 Å². The quantitative estimate of drug-likeness (QED) is 0.446. The van der Waals surface area contributed by atoms with E-state index >= 15 is 0 Å². The second-order valence-electron chi connectivity index (χ2n) is 6.58. The van der Waals surface area contributed by atoms with Gasteiger partial charge in [0.2, 0.25) is 0 Å². The third-order valence-electron chi connectivity index (χ3n) is 2.66. The molecule has 0 rings (SSSR count). The molecule has 0 aliphatic rings.